The highest BCUT2D eigenvalue weighted by atomic mass is 15.2. The van der Waals surface area contributed by atoms with Gasteiger partial charge in [0.25, 0.3) is 0 Å². The van der Waals surface area contributed by atoms with Crippen molar-refractivity contribution in [1.29, 1.82) is 0 Å². The fourth-order valence-electron chi connectivity index (χ4n) is 8.73. The van der Waals surface area contributed by atoms with Gasteiger partial charge in [-0.15, -0.1) is 0 Å². The van der Waals surface area contributed by atoms with E-state index < -0.39 is 0 Å². The number of para-hydroxylation sites is 3. The molecule has 4 heteroatoms. The van der Waals surface area contributed by atoms with E-state index in [1.54, 1.807) is 0 Å². The highest BCUT2D eigenvalue weighted by molar-refractivity contribution is 6.09. The second-order valence-corrected chi connectivity index (χ2v) is 14.6. The largest absolute Gasteiger partial charge is 0.333 e. The van der Waals surface area contributed by atoms with Gasteiger partial charge in [0.15, 0.2) is 5.82 Å². The molecule has 2 aromatic heterocycles. The quantitative estimate of drug-likeness (QED) is 0.172. The van der Waals surface area contributed by atoms with Crippen LogP contribution in [-0.2, 0) is 0 Å². The first-order valence-corrected chi connectivity index (χ1v) is 19.2. The van der Waals surface area contributed by atoms with Gasteiger partial charge in [-0.25, -0.2) is 9.97 Å². The van der Waals surface area contributed by atoms with Gasteiger partial charge in [0.1, 0.15) is 0 Å². The molecule has 2 unspecified atom stereocenters. The summed E-state index contributed by atoms with van der Waals surface area (Å²) >= 11 is 0. The van der Waals surface area contributed by atoms with Gasteiger partial charge in [-0.2, -0.15) is 0 Å². The number of allylic oxidation sites excluding steroid dienone is 2. The van der Waals surface area contributed by atoms with E-state index in [1.165, 1.54) is 33.1 Å². The number of rotatable bonds is 6. The smallest absolute Gasteiger partial charge is 0.160 e. The molecule has 7 aromatic carbocycles. The molecule has 0 N–H and O–H groups in total. The SMILES string of the molecule is C1=CC2c3ccccc3N(c3cc(-c4ccc(-n5c6ccccc6c6ccccc65)cc4)cc(-c4cc(-c5ccccc5)nc(-c5ccccc5)n4)c3)C2C=C1. The van der Waals surface area contributed by atoms with Crippen LogP contribution in [0.5, 0.6) is 0 Å². The van der Waals surface area contributed by atoms with Crippen molar-refractivity contribution in [3.63, 3.8) is 0 Å². The number of hydrogen-bond acceptors (Lipinski definition) is 3. The van der Waals surface area contributed by atoms with Gasteiger partial charge >= 0.3 is 0 Å². The Morgan fingerprint density at radius 1 is 0.411 bits per heavy atom. The Morgan fingerprint density at radius 2 is 1.00 bits per heavy atom. The number of hydrogen-bond donors (Lipinski definition) is 0. The van der Waals surface area contributed by atoms with E-state index in [4.69, 9.17) is 9.97 Å². The number of benzene rings is 7. The molecule has 1 aliphatic heterocycles. The summed E-state index contributed by atoms with van der Waals surface area (Å²) < 4.78 is 2.37. The van der Waals surface area contributed by atoms with Crippen molar-refractivity contribution < 1.29 is 0 Å². The van der Waals surface area contributed by atoms with Crippen LogP contribution in [0.1, 0.15) is 11.5 Å². The maximum absolute atomic E-state index is 5.28. The lowest BCUT2D eigenvalue weighted by molar-refractivity contribution is 0.745. The minimum atomic E-state index is 0.170. The molecule has 2 atom stereocenters. The minimum Gasteiger partial charge on any atom is -0.333 e. The average Bonchev–Trinajstić information content (AvgIpc) is 3.80. The molecule has 56 heavy (non-hydrogen) atoms. The molecule has 0 saturated heterocycles. The highest BCUT2D eigenvalue weighted by Gasteiger charge is 2.37. The molecule has 1 aliphatic carbocycles. The summed E-state index contributed by atoms with van der Waals surface area (Å²) in [5, 5.41) is 2.52. The minimum absolute atomic E-state index is 0.170. The Balaban J connectivity index is 1.10. The third-order valence-corrected chi connectivity index (χ3v) is 11.3. The van der Waals surface area contributed by atoms with Crippen LogP contribution in [0, 0.1) is 0 Å². The molecular formula is C52H36N4. The first kappa shape index (κ1) is 32.2. The molecule has 11 rings (SSSR count). The molecule has 0 fully saturated rings. The molecule has 2 aliphatic rings. The van der Waals surface area contributed by atoms with E-state index in [0.717, 1.165) is 50.6 Å². The summed E-state index contributed by atoms with van der Waals surface area (Å²) in [6.45, 7) is 0. The Labute approximate surface area is 326 Å². The van der Waals surface area contributed by atoms with Gasteiger partial charge in [-0.3, -0.25) is 0 Å². The molecule has 264 valence electrons. The predicted molar refractivity (Wildman–Crippen MR) is 232 cm³/mol. The van der Waals surface area contributed by atoms with Crippen molar-refractivity contribution in [2.24, 2.45) is 0 Å². The fraction of sp³-hybridized carbons (Fsp3) is 0.0385. The maximum Gasteiger partial charge on any atom is 0.160 e. The molecule has 0 amide bonds. The standard InChI is InChI=1S/C52H36N4/c1-3-15-36(16-4-1)46-34-47(54-52(53-46)37-17-5-2-6-18-37)39-31-38(32-41(33-39)56-50-25-13-9-21-44(50)45-22-10-14-26-51(45)56)35-27-29-40(30-28-35)55-48-23-11-7-19-42(48)43-20-8-12-24-49(43)55/h1-34,44,50H. The van der Waals surface area contributed by atoms with E-state index in [1.807, 2.05) is 24.3 Å². The zero-order chi connectivity index (χ0) is 37.0. The van der Waals surface area contributed by atoms with Crippen molar-refractivity contribution in [2.45, 2.75) is 12.0 Å². The van der Waals surface area contributed by atoms with Crippen LogP contribution in [0.15, 0.2) is 206 Å². The van der Waals surface area contributed by atoms with Crippen LogP contribution in [0.2, 0.25) is 0 Å². The molecular weight excluding hydrogens is 681 g/mol. The molecule has 3 heterocycles. The molecule has 0 radical (unpaired) electrons. The molecule has 0 bridgehead atoms. The van der Waals surface area contributed by atoms with Crippen molar-refractivity contribution in [3.8, 4) is 50.7 Å². The summed E-state index contributed by atoms with van der Waals surface area (Å²) in [6, 6.07) is 65.2. The molecule has 0 saturated carbocycles. The fourth-order valence-corrected chi connectivity index (χ4v) is 8.73. The zero-order valence-electron chi connectivity index (χ0n) is 30.6. The second-order valence-electron chi connectivity index (χ2n) is 14.6. The van der Waals surface area contributed by atoms with Gasteiger partial charge in [-0.1, -0.05) is 152 Å². The van der Waals surface area contributed by atoms with Gasteiger partial charge in [0, 0.05) is 50.4 Å². The van der Waals surface area contributed by atoms with Crippen LogP contribution < -0.4 is 4.90 Å². The highest BCUT2D eigenvalue weighted by Crippen LogP contribution is 2.49. The maximum atomic E-state index is 5.28. The number of fused-ring (bicyclic) bond motifs is 6. The van der Waals surface area contributed by atoms with Crippen LogP contribution in [0.3, 0.4) is 0 Å². The number of anilines is 2. The van der Waals surface area contributed by atoms with Gasteiger partial charge in [0.2, 0.25) is 0 Å². The van der Waals surface area contributed by atoms with Crippen LogP contribution in [0.4, 0.5) is 11.4 Å². The van der Waals surface area contributed by atoms with E-state index >= 15 is 0 Å². The third kappa shape index (κ3) is 5.38. The first-order valence-electron chi connectivity index (χ1n) is 19.2. The average molecular weight is 717 g/mol. The van der Waals surface area contributed by atoms with E-state index in [-0.39, 0.29) is 12.0 Å². The molecule has 0 spiro atoms. The van der Waals surface area contributed by atoms with E-state index in [2.05, 4.69) is 191 Å². The lowest BCUT2D eigenvalue weighted by Gasteiger charge is -2.29. The van der Waals surface area contributed by atoms with Crippen molar-refractivity contribution in [3.05, 3.63) is 212 Å². The van der Waals surface area contributed by atoms with Gasteiger partial charge in [0.05, 0.1) is 28.5 Å². The number of nitrogens with zero attached hydrogens (tertiary/aromatic N) is 4. The molecule has 9 aromatic rings. The summed E-state index contributed by atoms with van der Waals surface area (Å²) in [5.41, 5.74) is 14.4. The second kappa shape index (κ2) is 13.2. The number of aromatic nitrogens is 3. The predicted octanol–water partition coefficient (Wildman–Crippen LogP) is 13.0. The van der Waals surface area contributed by atoms with Crippen LogP contribution in [-0.4, -0.2) is 20.6 Å². The monoisotopic (exact) mass is 716 g/mol. The summed E-state index contributed by atoms with van der Waals surface area (Å²) in [4.78, 5) is 12.9. The third-order valence-electron chi connectivity index (χ3n) is 11.3. The normalized spacial score (nSPS) is 15.7. The zero-order valence-corrected chi connectivity index (χ0v) is 30.6. The topological polar surface area (TPSA) is 34.0 Å². The lowest BCUT2D eigenvalue weighted by atomic mass is 9.91. The first-order chi connectivity index (χ1) is 27.8. The summed E-state index contributed by atoms with van der Waals surface area (Å²) in [7, 11) is 0. The Kier molecular flexibility index (Phi) is 7.59. The van der Waals surface area contributed by atoms with Crippen molar-refractivity contribution in [2.75, 3.05) is 4.90 Å². The summed E-state index contributed by atoms with van der Waals surface area (Å²) in [5.74, 6) is 0.985. The van der Waals surface area contributed by atoms with Crippen LogP contribution in [0.25, 0.3) is 72.5 Å². The van der Waals surface area contributed by atoms with Crippen LogP contribution >= 0.6 is 0 Å². The summed E-state index contributed by atoms with van der Waals surface area (Å²) in [6.07, 6.45) is 9.04. The van der Waals surface area contributed by atoms with Gasteiger partial charge < -0.3 is 9.47 Å². The van der Waals surface area contributed by atoms with E-state index in [0.29, 0.717) is 5.82 Å². The Hall–Kier alpha value is -7.30. The van der Waals surface area contributed by atoms with Crippen molar-refractivity contribution >= 4 is 33.2 Å². The lowest BCUT2D eigenvalue weighted by Crippen LogP contribution is -2.28. The van der Waals surface area contributed by atoms with Gasteiger partial charge in [-0.05, 0) is 71.3 Å². The van der Waals surface area contributed by atoms with Crippen molar-refractivity contribution in [1.82, 2.24) is 14.5 Å². The Morgan fingerprint density at radius 3 is 1.73 bits per heavy atom. The van der Waals surface area contributed by atoms with E-state index in [9.17, 15) is 0 Å². The molecule has 4 nitrogen and oxygen atoms in total. The Bertz CT molecular complexity index is 2870.